The Kier molecular flexibility index (Phi) is 5.13. The van der Waals surface area contributed by atoms with Crippen molar-refractivity contribution in [1.29, 1.82) is 5.26 Å². The third kappa shape index (κ3) is 3.85. The van der Waals surface area contributed by atoms with Gasteiger partial charge in [-0.1, -0.05) is 6.07 Å². The number of hydrogen-bond acceptors (Lipinski definition) is 5. The predicted molar refractivity (Wildman–Crippen MR) is 88.6 cm³/mol. The SMILES string of the molecule is COc1ccc2c(c1)N(CC#N)C(=O)[C@@H](C(=O)OC(C)(C)C)CC2. The summed E-state index contributed by atoms with van der Waals surface area (Å²) >= 11 is 0. The number of carbonyl (C=O) groups is 2. The molecule has 128 valence electrons. The van der Waals surface area contributed by atoms with Crippen molar-refractivity contribution in [2.45, 2.75) is 39.2 Å². The minimum atomic E-state index is -0.907. The number of methoxy groups -OCH3 is 1. The highest BCUT2D eigenvalue weighted by Gasteiger charge is 2.37. The van der Waals surface area contributed by atoms with Crippen LogP contribution in [0, 0.1) is 17.2 Å². The topological polar surface area (TPSA) is 79.6 Å². The molecule has 1 aromatic rings. The molecule has 0 spiro atoms. The fourth-order valence-electron chi connectivity index (χ4n) is 2.69. The van der Waals surface area contributed by atoms with E-state index < -0.39 is 23.4 Å². The number of esters is 1. The lowest BCUT2D eigenvalue weighted by Crippen LogP contribution is -2.41. The van der Waals surface area contributed by atoms with Gasteiger partial charge in [0.2, 0.25) is 5.91 Å². The summed E-state index contributed by atoms with van der Waals surface area (Å²) in [6, 6.07) is 7.39. The number of aryl methyl sites for hydroxylation is 1. The van der Waals surface area contributed by atoms with Crippen molar-refractivity contribution in [1.82, 2.24) is 0 Å². The highest BCUT2D eigenvalue weighted by molar-refractivity contribution is 6.07. The zero-order valence-electron chi connectivity index (χ0n) is 14.5. The first-order valence-corrected chi connectivity index (χ1v) is 7.85. The van der Waals surface area contributed by atoms with Crippen molar-refractivity contribution in [2.24, 2.45) is 5.92 Å². The molecule has 6 nitrogen and oxygen atoms in total. The number of carbonyl (C=O) groups excluding carboxylic acids is 2. The van der Waals surface area contributed by atoms with Crippen LogP contribution in [0.4, 0.5) is 5.69 Å². The molecular formula is C18H22N2O4. The number of hydrogen-bond donors (Lipinski definition) is 0. The normalized spacial score (nSPS) is 17.5. The van der Waals surface area contributed by atoms with Crippen molar-refractivity contribution in [3.63, 3.8) is 0 Å². The Balaban J connectivity index is 2.38. The van der Waals surface area contributed by atoms with Crippen LogP contribution in [0.5, 0.6) is 5.75 Å². The van der Waals surface area contributed by atoms with E-state index in [0.29, 0.717) is 24.3 Å². The quantitative estimate of drug-likeness (QED) is 0.483. The number of benzene rings is 1. The van der Waals surface area contributed by atoms with Gasteiger partial charge in [-0.2, -0.15) is 5.26 Å². The van der Waals surface area contributed by atoms with Gasteiger partial charge in [0.05, 0.1) is 18.9 Å². The van der Waals surface area contributed by atoms with Crippen LogP contribution >= 0.6 is 0 Å². The van der Waals surface area contributed by atoms with Crippen molar-refractivity contribution in [2.75, 3.05) is 18.6 Å². The maximum atomic E-state index is 12.9. The zero-order chi connectivity index (χ0) is 17.9. The van der Waals surface area contributed by atoms with Gasteiger partial charge in [-0.05, 0) is 45.2 Å². The van der Waals surface area contributed by atoms with Crippen LogP contribution in [0.1, 0.15) is 32.8 Å². The average Bonchev–Trinajstić information content (AvgIpc) is 2.63. The molecule has 0 radical (unpaired) electrons. The summed E-state index contributed by atoms with van der Waals surface area (Å²) in [5, 5.41) is 9.10. The molecule has 2 rings (SSSR count). The van der Waals surface area contributed by atoms with Crippen LogP contribution in [0.3, 0.4) is 0 Å². The molecule has 1 aliphatic rings. The molecule has 1 amide bonds. The molecule has 0 N–H and O–H groups in total. The van der Waals surface area contributed by atoms with E-state index in [1.54, 1.807) is 33.9 Å². The van der Waals surface area contributed by atoms with E-state index in [1.807, 2.05) is 18.2 Å². The second-order valence-corrected chi connectivity index (χ2v) is 6.70. The fourth-order valence-corrected chi connectivity index (χ4v) is 2.69. The Hall–Kier alpha value is -2.55. The zero-order valence-corrected chi connectivity index (χ0v) is 14.5. The largest absolute Gasteiger partial charge is 0.497 e. The Morgan fingerprint density at radius 3 is 2.71 bits per heavy atom. The second-order valence-electron chi connectivity index (χ2n) is 6.70. The molecule has 0 aromatic heterocycles. The van der Waals surface area contributed by atoms with Crippen molar-refractivity contribution >= 4 is 17.6 Å². The standard InChI is InChI=1S/C18H22N2O4/c1-18(2,3)24-17(22)14-8-6-12-5-7-13(23-4)11-15(12)20(10-9-19)16(14)21/h5,7,11,14H,6,8,10H2,1-4H3/t14-/m0/s1. The number of nitriles is 1. The van der Waals surface area contributed by atoms with Crippen LogP contribution in [0.15, 0.2) is 18.2 Å². The van der Waals surface area contributed by atoms with Crippen LogP contribution in [0.25, 0.3) is 0 Å². The van der Waals surface area contributed by atoms with E-state index in [9.17, 15) is 9.59 Å². The molecule has 0 saturated carbocycles. The maximum Gasteiger partial charge on any atom is 0.319 e. The summed E-state index contributed by atoms with van der Waals surface area (Å²) < 4.78 is 10.6. The van der Waals surface area contributed by atoms with Crippen LogP contribution in [-0.2, 0) is 20.7 Å². The van der Waals surface area contributed by atoms with Crippen LogP contribution in [-0.4, -0.2) is 31.1 Å². The molecule has 6 heteroatoms. The fraction of sp³-hybridized carbons (Fsp3) is 0.500. The van der Waals surface area contributed by atoms with Gasteiger partial charge in [-0.3, -0.25) is 14.5 Å². The van der Waals surface area contributed by atoms with E-state index in [1.165, 1.54) is 4.90 Å². The van der Waals surface area contributed by atoms with Gasteiger partial charge in [0.15, 0.2) is 0 Å². The molecule has 0 bridgehead atoms. The lowest BCUT2D eigenvalue weighted by Gasteiger charge is -2.26. The molecule has 0 saturated heterocycles. The van der Waals surface area contributed by atoms with Crippen molar-refractivity contribution in [3.05, 3.63) is 23.8 Å². The van der Waals surface area contributed by atoms with Crippen molar-refractivity contribution < 1.29 is 19.1 Å². The Labute approximate surface area is 142 Å². The Bertz CT molecular complexity index is 685. The van der Waals surface area contributed by atoms with Crippen molar-refractivity contribution in [3.8, 4) is 11.8 Å². The number of rotatable bonds is 3. The second kappa shape index (κ2) is 6.91. The number of fused-ring (bicyclic) bond motifs is 1. The number of anilines is 1. The molecule has 1 heterocycles. The summed E-state index contributed by atoms with van der Waals surface area (Å²) in [6.45, 7) is 5.16. The minimum Gasteiger partial charge on any atom is -0.497 e. The van der Waals surface area contributed by atoms with Gasteiger partial charge in [-0.25, -0.2) is 0 Å². The molecule has 1 atom stereocenters. The first-order chi connectivity index (χ1) is 11.3. The minimum absolute atomic E-state index is 0.127. The van der Waals surface area contributed by atoms with E-state index >= 15 is 0 Å². The number of nitrogens with zero attached hydrogens (tertiary/aromatic N) is 2. The average molecular weight is 330 g/mol. The lowest BCUT2D eigenvalue weighted by atomic mass is 10.00. The highest BCUT2D eigenvalue weighted by Crippen LogP contribution is 2.33. The summed E-state index contributed by atoms with van der Waals surface area (Å²) in [7, 11) is 1.54. The van der Waals surface area contributed by atoms with Crippen LogP contribution in [0.2, 0.25) is 0 Å². The first-order valence-electron chi connectivity index (χ1n) is 7.85. The van der Waals surface area contributed by atoms with E-state index in [4.69, 9.17) is 14.7 Å². The van der Waals surface area contributed by atoms with Gasteiger partial charge < -0.3 is 9.47 Å². The molecule has 0 unspecified atom stereocenters. The Morgan fingerprint density at radius 1 is 1.42 bits per heavy atom. The van der Waals surface area contributed by atoms with E-state index in [0.717, 1.165) is 5.56 Å². The molecule has 0 fully saturated rings. The molecular weight excluding hydrogens is 308 g/mol. The van der Waals surface area contributed by atoms with E-state index in [-0.39, 0.29) is 6.54 Å². The van der Waals surface area contributed by atoms with Gasteiger partial charge >= 0.3 is 5.97 Å². The molecule has 0 aliphatic carbocycles. The molecule has 24 heavy (non-hydrogen) atoms. The van der Waals surface area contributed by atoms with Gasteiger partial charge in [0.25, 0.3) is 0 Å². The highest BCUT2D eigenvalue weighted by atomic mass is 16.6. The first kappa shape index (κ1) is 17.8. The van der Waals surface area contributed by atoms with Gasteiger partial charge in [-0.15, -0.1) is 0 Å². The summed E-state index contributed by atoms with van der Waals surface area (Å²) in [6.07, 6.45) is 0.909. The Morgan fingerprint density at radius 2 is 2.12 bits per heavy atom. The number of amides is 1. The number of ether oxygens (including phenoxy) is 2. The van der Waals surface area contributed by atoms with Gasteiger partial charge in [0, 0.05) is 6.07 Å². The molecule has 1 aromatic carbocycles. The summed E-state index contributed by atoms with van der Waals surface area (Å²) in [4.78, 5) is 26.6. The van der Waals surface area contributed by atoms with E-state index in [2.05, 4.69) is 0 Å². The maximum absolute atomic E-state index is 12.9. The lowest BCUT2D eigenvalue weighted by molar-refractivity contribution is -0.162. The predicted octanol–water partition coefficient (Wildman–Crippen LogP) is 2.46. The third-order valence-electron chi connectivity index (χ3n) is 3.77. The molecule has 1 aliphatic heterocycles. The van der Waals surface area contributed by atoms with Crippen LogP contribution < -0.4 is 9.64 Å². The smallest absolute Gasteiger partial charge is 0.319 e. The monoisotopic (exact) mass is 330 g/mol. The summed E-state index contributed by atoms with van der Waals surface area (Å²) in [5.74, 6) is -1.26. The van der Waals surface area contributed by atoms with Gasteiger partial charge in [0.1, 0.15) is 23.8 Å². The third-order valence-corrected chi connectivity index (χ3v) is 3.77. The summed E-state index contributed by atoms with van der Waals surface area (Å²) in [5.41, 5.74) is 0.859.